The standard InChI is InChI=1S/C15H19N3OS/c1-11-10-20-14(18-11)9-17-13-3-2-8-19-15(13)12-4-6-16-7-5-12/h4-7,10,13,15,17H,2-3,8-9H2,1H3/t13-,15+/m0/s1. The molecule has 1 aliphatic rings. The van der Waals surface area contributed by atoms with E-state index in [0.29, 0.717) is 6.04 Å². The van der Waals surface area contributed by atoms with E-state index in [4.69, 9.17) is 4.74 Å². The van der Waals surface area contributed by atoms with Crippen molar-refractivity contribution >= 4 is 11.3 Å². The smallest absolute Gasteiger partial charge is 0.107 e. The quantitative estimate of drug-likeness (QED) is 0.940. The summed E-state index contributed by atoms with van der Waals surface area (Å²) in [5.41, 5.74) is 2.30. The highest BCUT2D eigenvalue weighted by atomic mass is 32.1. The third kappa shape index (κ3) is 3.23. The van der Waals surface area contributed by atoms with Crippen molar-refractivity contribution in [2.45, 2.75) is 38.5 Å². The number of nitrogens with one attached hydrogen (secondary N) is 1. The molecule has 0 amide bonds. The Bertz CT molecular complexity index is 543. The monoisotopic (exact) mass is 289 g/mol. The lowest BCUT2D eigenvalue weighted by molar-refractivity contribution is -0.0112. The van der Waals surface area contributed by atoms with Crippen LogP contribution in [0.4, 0.5) is 0 Å². The van der Waals surface area contributed by atoms with Gasteiger partial charge >= 0.3 is 0 Å². The van der Waals surface area contributed by atoms with Gasteiger partial charge in [0.25, 0.3) is 0 Å². The molecule has 20 heavy (non-hydrogen) atoms. The molecule has 0 bridgehead atoms. The minimum atomic E-state index is 0.118. The maximum Gasteiger partial charge on any atom is 0.107 e. The van der Waals surface area contributed by atoms with E-state index in [1.807, 2.05) is 31.5 Å². The molecule has 1 fully saturated rings. The molecule has 2 atom stereocenters. The zero-order valence-electron chi connectivity index (χ0n) is 11.6. The lowest BCUT2D eigenvalue weighted by atomic mass is 9.97. The van der Waals surface area contributed by atoms with Crippen molar-refractivity contribution in [1.82, 2.24) is 15.3 Å². The van der Waals surface area contributed by atoms with Crippen LogP contribution in [0.5, 0.6) is 0 Å². The second-order valence-corrected chi connectivity index (χ2v) is 6.03. The number of hydrogen-bond donors (Lipinski definition) is 1. The summed E-state index contributed by atoms with van der Waals surface area (Å²) in [6.45, 7) is 3.68. The second kappa shape index (κ2) is 6.43. The summed E-state index contributed by atoms with van der Waals surface area (Å²) in [6, 6.07) is 4.42. The van der Waals surface area contributed by atoms with Crippen LogP contribution in [0.3, 0.4) is 0 Å². The summed E-state index contributed by atoms with van der Waals surface area (Å²) >= 11 is 1.71. The Morgan fingerprint density at radius 3 is 3.00 bits per heavy atom. The first-order valence-corrected chi connectivity index (χ1v) is 7.87. The van der Waals surface area contributed by atoms with Gasteiger partial charge < -0.3 is 10.1 Å². The van der Waals surface area contributed by atoms with Gasteiger partial charge in [-0.15, -0.1) is 11.3 Å². The molecule has 3 heterocycles. The first kappa shape index (κ1) is 13.7. The number of rotatable bonds is 4. The van der Waals surface area contributed by atoms with Crippen LogP contribution in [0.1, 0.15) is 35.2 Å². The van der Waals surface area contributed by atoms with E-state index in [9.17, 15) is 0 Å². The summed E-state index contributed by atoms with van der Waals surface area (Å²) in [6.07, 6.45) is 6.02. The summed E-state index contributed by atoms with van der Waals surface area (Å²) in [4.78, 5) is 8.58. The highest BCUT2D eigenvalue weighted by Crippen LogP contribution is 2.28. The molecule has 0 saturated carbocycles. The average molecular weight is 289 g/mol. The van der Waals surface area contributed by atoms with Crippen LogP contribution in [0.2, 0.25) is 0 Å². The van der Waals surface area contributed by atoms with Crippen LogP contribution < -0.4 is 5.32 Å². The number of aryl methyl sites for hydroxylation is 1. The number of ether oxygens (including phenoxy) is 1. The van der Waals surface area contributed by atoms with Gasteiger partial charge in [-0.05, 0) is 37.5 Å². The lowest BCUT2D eigenvalue weighted by Gasteiger charge is -2.32. The van der Waals surface area contributed by atoms with Crippen molar-refractivity contribution in [3.63, 3.8) is 0 Å². The Labute approximate surface area is 123 Å². The number of pyridine rings is 1. The Morgan fingerprint density at radius 2 is 2.25 bits per heavy atom. The molecule has 106 valence electrons. The summed E-state index contributed by atoms with van der Waals surface area (Å²) < 4.78 is 5.96. The fourth-order valence-electron chi connectivity index (χ4n) is 2.57. The molecule has 0 aromatic carbocycles. The third-order valence-corrected chi connectivity index (χ3v) is 4.51. The predicted molar refractivity (Wildman–Crippen MR) is 79.6 cm³/mol. The summed E-state index contributed by atoms with van der Waals surface area (Å²) in [5, 5.41) is 6.83. The molecule has 0 unspecified atom stereocenters. The fraction of sp³-hybridized carbons (Fsp3) is 0.467. The highest BCUT2D eigenvalue weighted by molar-refractivity contribution is 7.09. The molecule has 1 aliphatic heterocycles. The molecule has 2 aromatic rings. The van der Waals surface area contributed by atoms with Gasteiger partial charge in [0.05, 0.1) is 6.10 Å². The molecule has 0 spiro atoms. The third-order valence-electron chi connectivity index (χ3n) is 3.54. The lowest BCUT2D eigenvalue weighted by Crippen LogP contribution is -2.39. The van der Waals surface area contributed by atoms with Crippen LogP contribution in [0.15, 0.2) is 29.9 Å². The van der Waals surface area contributed by atoms with E-state index in [1.54, 1.807) is 11.3 Å². The Morgan fingerprint density at radius 1 is 1.40 bits per heavy atom. The van der Waals surface area contributed by atoms with E-state index in [-0.39, 0.29) is 6.10 Å². The molecular weight excluding hydrogens is 270 g/mol. The maximum absolute atomic E-state index is 5.96. The van der Waals surface area contributed by atoms with E-state index in [2.05, 4.69) is 20.7 Å². The van der Waals surface area contributed by atoms with Gasteiger partial charge in [0, 0.05) is 42.7 Å². The van der Waals surface area contributed by atoms with Gasteiger partial charge in [0.2, 0.25) is 0 Å². The van der Waals surface area contributed by atoms with Crippen molar-refractivity contribution in [2.75, 3.05) is 6.61 Å². The molecule has 1 N–H and O–H groups in total. The first-order chi connectivity index (χ1) is 9.83. The van der Waals surface area contributed by atoms with Crippen LogP contribution in [-0.2, 0) is 11.3 Å². The van der Waals surface area contributed by atoms with Gasteiger partial charge in [-0.1, -0.05) is 0 Å². The molecule has 5 heteroatoms. The molecule has 1 saturated heterocycles. The van der Waals surface area contributed by atoms with Crippen LogP contribution >= 0.6 is 11.3 Å². The molecular formula is C15H19N3OS. The van der Waals surface area contributed by atoms with E-state index in [1.165, 1.54) is 5.56 Å². The van der Waals surface area contributed by atoms with E-state index >= 15 is 0 Å². The number of hydrogen-bond acceptors (Lipinski definition) is 5. The zero-order chi connectivity index (χ0) is 13.8. The van der Waals surface area contributed by atoms with Crippen molar-refractivity contribution in [3.8, 4) is 0 Å². The van der Waals surface area contributed by atoms with E-state index < -0.39 is 0 Å². The summed E-state index contributed by atoms with van der Waals surface area (Å²) in [7, 11) is 0. The van der Waals surface area contributed by atoms with Crippen LogP contribution in [0.25, 0.3) is 0 Å². The van der Waals surface area contributed by atoms with Crippen LogP contribution in [-0.4, -0.2) is 22.6 Å². The minimum Gasteiger partial charge on any atom is -0.372 e. The van der Waals surface area contributed by atoms with Gasteiger partial charge in [0.15, 0.2) is 0 Å². The molecule has 0 aliphatic carbocycles. The van der Waals surface area contributed by atoms with Crippen molar-refractivity contribution in [1.29, 1.82) is 0 Å². The normalized spacial score (nSPS) is 22.9. The molecule has 3 rings (SSSR count). The first-order valence-electron chi connectivity index (χ1n) is 6.99. The van der Waals surface area contributed by atoms with Crippen LogP contribution in [0, 0.1) is 6.92 Å². The maximum atomic E-state index is 5.96. The van der Waals surface area contributed by atoms with Gasteiger partial charge in [0.1, 0.15) is 5.01 Å². The van der Waals surface area contributed by atoms with Crippen molar-refractivity contribution in [2.24, 2.45) is 0 Å². The number of aromatic nitrogens is 2. The Kier molecular flexibility index (Phi) is 4.40. The summed E-state index contributed by atoms with van der Waals surface area (Å²) in [5.74, 6) is 0. The molecule has 4 nitrogen and oxygen atoms in total. The van der Waals surface area contributed by atoms with Crippen molar-refractivity contribution in [3.05, 3.63) is 46.2 Å². The number of nitrogens with zero attached hydrogens (tertiary/aromatic N) is 2. The van der Waals surface area contributed by atoms with Gasteiger partial charge in [-0.2, -0.15) is 0 Å². The molecule has 0 radical (unpaired) electrons. The SMILES string of the molecule is Cc1csc(CN[C@H]2CCCO[C@@H]2c2ccncc2)n1. The Hall–Kier alpha value is -1.30. The zero-order valence-corrected chi connectivity index (χ0v) is 12.4. The number of thiazole rings is 1. The average Bonchev–Trinajstić information content (AvgIpc) is 2.92. The molecule has 2 aromatic heterocycles. The predicted octanol–water partition coefficient (Wildman–Crippen LogP) is 2.86. The Balaban J connectivity index is 1.66. The van der Waals surface area contributed by atoms with Gasteiger partial charge in [-0.25, -0.2) is 4.98 Å². The van der Waals surface area contributed by atoms with Gasteiger partial charge in [-0.3, -0.25) is 4.98 Å². The van der Waals surface area contributed by atoms with Crippen molar-refractivity contribution < 1.29 is 4.74 Å². The highest BCUT2D eigenvalue weighted by Gasteiger charge is 2.27. The fourth-order valence-corrected chi connectivity index (χ4v) is 3.30. The topological polar surface area (TPSA) is 47.0 Å². The minimum absolute atomic E-state index is 0.118. The second-order valence-electron chi connectivity index (χ2n) is 5.08. The van der Waals surface area contributed by atoms with E-state index in [0.717, 1.165) is 36.7 Å². The largest absolute Gasteiger partial charge is 0.372 e.